The van der Waals surface area contributed by atoms with E-state index in [1.54, 1.807) is 6.20 Å². The van der Waals surface area contributed by atoms with Crippen LogP contribution in [0.15, 0.2) is 48.7 Å². The Morgan fingerprint density at radius 3 is 2.48 bits per heavy atom. The van der Waals surface area contributed by atoms with E-state index in [0.29, 0.717) is 12.4 Å². The number of pyridine rings is 1. The minimum absolute atomic E-state index is 0.0974. The van der Waals surface area contributed by atoms with Gasteiger partial charge in [0.1, 0.15) is 5.82 Å². The molecule has 0 radical (unpaired) electrons. The van der Waals surface area contributed by atoms with Crippen LogP contribution in [0.1, 0.15) is 24.0 Å². The first-order valence-corrected chi connectivity index (χ1v) is 10.5. The largest absolute Gasteiger partial charge is 0.299 e. The molecule has 0 N–H and O–H groups in total. The van der Waals surface area contributed by atoms with Crippen LogP contribution in [0.2, 0.25) is 0 Å². The van der Waals surface area contributed by atoms with E-state index in [2.05, 4.69) is 40.2 Å². The fourth-order valence-electron chi connectivity index (χ4n) is 4.13. The van der Waals surface area contributed by atoms with Crippen molar-refractivity contribution in [3.63, 3.8) is 0 Å². The van der Waals surface area contributed by atoms with Gasteiger partial charge in [-0.15, -0.1) is 0 Å². The summed E-state index contributed by atoms with van der Waals surface area (Å²) in [5.41, 5.74) is 2.32. The fraction of sp³-hybridized carbons (Fsp3) is 0.421. The van der Waals surface area contributed by atoms with Crippen molar-refractivity contribution in [1.82, 2.24) is 9.88 Å². The highest BCUT2D eigenvalue weighted by molar-refractivity contribution is 7.92. The molecule has 0 saturated carbocycles. The number of nitrogens with zero attached hydrogens (tertiary/aromatic N) is 3. The Hall–Kier alpha value is -1.92. The third kappa shape index (κ3) is 3.04. The number of aromatic nitrogens is 1. The number of anilines is 1. The molecule has 2 aliphatic heterocycles. The number of hydrogen-bond donors (Lipinski definition) is 0. The maximum Gasteiger partial charge on any atom is 0.233 e. The standard InChI is InChI=1S/C19H23N3O2S/c1-25(23,24)22-15-19(17-8-5-11-20-18(17)22)9-12-21(13-10-19)14-16-6-3-2-4-7-16/h2-8,11H,9-10,12-15H2,1H3. The molecule has 0 amide bonds. The Labute approximate surface area is 149 Å². The zero-order valence-electron chi connectivity index (χ0n) is 14.4. The first-order valence-electron chi connectivity index (χ1n) is 8.67. The predicted molar refractivity (Wildman–Crippen MR) is 99.1 cm³/mol. The van der Waals surface area contributed by atoms with Crippen molar-refractivity contribution in [1.29, 1.82) is 0 Å². The number of rotatable bonds is 3. The third-order valence-corrected chi connectivity index (χ3v) is 6.61. The van der Waals surface area contributed by atoms with Crippen molar-refractivity contribution >= 4 is 15.8 Å². The van der Waals surface area contributed by atoms with Crippen molar-refractivity contribution < 1.29 is 8.42 Å². The molecule has 6 heteroatoms. The molecule has 0 atom stereocenters. The first kappa shape index (κ1) is 16.5. The minimum Gasteiger partial charge on any atom is -0.299 e. The van der Waals surface area contributed by atoms with Crippen LogP contribution in [0.5, 0.6) is 0 Å². The molecule has 3 heterocycles. The predicted octanol–water partition coefficient (Wildman–Crippen LogP) is 2.40. The summed E-state index contributed by atoms with van der Waals surface area (Å²) < 4.78 is 25.9. The van der Waals surface area contributed by atoms with Gasteiger partial charge < -0.3 is 0 Å². The minimum atomic E-state index is -3.30. The van der Waals surface area contributed by atoms with Crippen LogP contribution >= 0.6 is 0 Å². The van der Waals surface area contributed by atoms with Crippen molar-refractivity contribution in [2.75, 3.05) is 30.2 Å². The van der Waals surface area contributed by atoms with Gasteiger partial charge in [0.25, 0.3) is 0 Å². The molecular weight excluding hydrogens is 334 g/mol. The molecule has 4 rings (SSSR count). The Morgan fingerprint density at radius 2 is 1.80 bits per heavy atom. The van der Waals surface area contributed by atoms with Crippen LogP contribution in [0, 0.1) is 0 Å². The summed E-state index contributed by atoms with van der Waals surface area (Å²) in [5, 5.41) is 0. The quantitative estimate of drug-likeness (QED) is 0.846. The summed E-state index contributed by atoms with van der Waals surface area (Å²) >= 11 is 0. The van der Waals surface area contributed by atoms with Gasteiger partial charge in [-0.3, -0.25) is 9.21 Å². The summed E-state index contributed by atoms with van der Waals surface area (Å²) in [4.78, 5) is 6.83. The topological polar surface area (TPSA) is 53.5 Å². The fourth-order valence-corrected chi connectivity index (χ4v) is 5.07. The van der Waals surface area contributed by atoms with Crippen molar-refractivity contribution in [3.8, 4) is 0 Å². The highest BCUT2D eigenvalue weighted by atomic mass is 32.2. The van der Waals surface area contributed by atoms with Gasteiger partial charge in [-0.1, -0.05) is 36.4 Å². The third-order valence-electron chi connectivity index (χ3n) is 5.50. The highest BCUT2D eigenvalue weighted by Gasteiger charge is 2.47. The Balaban J connectivity index is 1.55. The van der Waals surface area contributed by atoms with Crippen LogP contribution in [-0.4, -0.2) is 44.2 Å². The van der Waals surface area contributed by atoms with E-state index in [4.69, 9.17) is 0 Å². The number of hydrogen-bond acceptors (Lipinski definition) is 4. The molecule has 25 heavy (non-hydrogen) atoms. The molecule has 2 aliphatic rings. The zero-order chi connectivity index (χ0) is 17.5. The summed E-state index contributed by atoms with van der Waals surface area (Å²) in [6.45, 7) is 3.42. The Bertz CT molecular complexity index is 859. The van der Waals surface area contributed by atoms with E-state index < -0.39 is 10.0 Å². The van der Waals surface area contributed by atoms with E-state index >= 15 is 0 Å². The molecule has 1 aromatic heterocycles. The van der Waals surface area contributed by atoms with Crippen molar-refractivity contribution in [2.45, 2.75) is 24.8 Å². The second kappa shape index (κ2) is 6.11. The highest BCUT2D eigenvalue weighted by Crippen LogP contribution is 2.46. The van der Waals surface area contributed by atoms with Crippen LogP contribution in [0.25, 0.3) is 0 Å². The van der Waals surface area contributed by atoms with Crippen LogP contribution in [0.3, 0.4) is 0 Å². The molecule has 5 nitrogen and oxygen atoms in total. The maximum atomic E-state index is 12.2. The Morgan fingerprint density at radius 1 is 1.08 bits per heavy atom. The summed E-state index contributed by atoms with van der Waals surface area (Å²) in [7, 11) is -3.30. The summed E-state index contributed by atoms with van der Waals surface area (Å²) in [5.74, 6) is 0.626. The molecule has 1 saturated heterocycles. The number of likely N-dealkylation sites (tertiary alicyclic amines) is 1. The van der Waals surface area contributed by atoms with Gasteiger partial charge in [-0.2, -0.15) is 0 Å². The maximum absolute atomic E-state index is 12.2. The Kier molecular flexibility index (Phi) is 4.04. The molecule has 132 valence electrons. The second-order valence-electron chi connectivity index (χ2n) is 7.19. The lowest BCUT2D eigenvalue weighted by Gasteiger charge is -2.39. The van der Waals surface area contributed by atoms with Crippen LogP contribution in [-0.2, 0) is 22.0 Å². The average molecular weight is 357 g/mol. The van der Waals surface area contributed by atoms with Gasteiger partial charge in [0.15, 0.2) is 0 Å². The first-order chi connectivity index (χ1) is 12.0. The second-order valence-corrected chi connectivity index (χ2v) is 9.09. The SMILES string of the molecule is CS(=O)(=O)N1CC2(CCN(Cc3ccccc3)CC2)c2cccnc21. The van der Waals surface area contributed by atoms with Gasteiger partial charge in [-0.25, -0.2) is 13.4 Å². The molecule has 0 aliphatic carbocycles. The van der Waals surface area contributed by atoms with E-state index in [-0.39, 0.29) is 5.41 Å². The number of benzene rings is 1. The lowest BCUT2D eigenvalue weighted by molar-refractivity contribution is 0.161. The number of piperidine rings is 1. The molecule has 0 unspecified atom stereocenters. The van der Waals surface area contributed by atoms with E-state index in [0.717, 1.165) is 38.0 Å². The average Bonchev–Trinajstić information content (AvgIpc) is 2.93. The lowest BCUT2D eigenvalue weighted by atomic mass is 9.75. The van der Waals surface area contributed by atoms with E-state index in [9.17, 15) is 8.42 Å². The number of fused-ring (bicyclic) bond motifs is 2. The molecule has 1 spiro atoms. The van der Waals surface area contributed by atoms with Crippen molar-refractivity contribution in [3.05, 3.63) is 59.8 Å². The molecule has 1 fully saturated rings. The molecule has 0 bridgehead atoms. The summed E-state index contributed by atoms with van der Waals surface area (Å²) in [6.07, 6.45) is 4.88. The van der Waals surface area contributed by atoms with E-state index in [1.807, 2.05) is 12.1 Å². The monoisotopic (exact) mass is 357 g/mol. The van der Waals surface area contributed by atoms with E-state index in [1.165, 1.54) is 16.1 Å². The normalized spacial score (nSPS) is 20.0. The molecule has 1 aromatic carbocycles. The molecular formula is C19H23N3O2S. The van der Waals surface area contributed by atoms with Gasteiger partial charge in [0.2, 0.25) is 10.0 Å². The van der Waals surface area contributed by atoms with Gasteiger partial charge in [0.05, 0.1) is 6.26 Å². The van der Waals surface area contributed by atoms with Gasteiger partial charge >= 0.3 is 0 Å². The number of sulfonamides is 1. The van der Waals surface area contributed by atoms with Crippen LogP contribution < -0.4 is 4.31 Å². The van der Waals surface area contributed by atoms with Gasteiger partial charge in [0, 0.05) is 30.3 Å². The van der Waals surface area contributed by atoms with Crippen molar-refractivity contribution in [2.24, 2.45) is 0 Å². The lowest BCUT2D eigenvalue weighted by Crippen LogP contribution is -2.45. The van der Waals surface area contributed by atoms with Crippen LogP contribution in [0.4, 0.5) is 5.82 Å². The smallest absolute Gasteiger partial charge is 0.233 e. The van der Waals surface area contributed by atoms with Gasteiger partial charge in [-0.05, 0) is 37.6 Å². The summed E-state index contributed by atoms with van der Waals surface area (Å²) in [6, 6.07) is 14.5. The molecule has 2 aromatic rings. The zero-order valence-corrected chi connectivity index (χ0v) is 15.2.